The number of aromatic nitrogens is 3. The Balaban J connectivity index is 1.90. The zero-order chi connectivity index (χ0) is 19.5. The van der Waals surface area contributed by atoms with Gasteiger partial charge in [0.05, 0.1) is 23.9 Å². The van der Waals surface area contributed by atoms with Crippen molar-refractivity contribution in [2.45, 2.75) is 0 Å². The van der Waals surface area contributed by atoms with Crippen molar-refractivity contribution in [2.24, 2.45) is 5.73 Å². The van der Waals surface area contributed by atoms with Gasteiger partial charge in [-0.25, -0.2) is 9.97 Å². The third kappa shape index (κ3) is 3.33. The molecule has 138 valence electrons. The van der Waals surface area contributed by atoms with Gasteiger partial charge in [-0.3, -0.25) is 9.78 Å². The van der Waals surface area contributed by atoms with Crippen LogP contribution in [0.3, 0.4) is 0 Å². The minimum absolute atomic E-state index is 0.380. The fourth-order valence-electron chi connectivity index (χ4n) is 2.89. The molecule has 3 N–H and O–H groups in total. The second-order valence-electron chi connectivity index (χ2n) is 6.06. The Bertz CT molecular complexity index is 1160. The molecule has 4 rings (SSSR count). The molecule has 0 aliphatic carbocycles. The lowest BCUT2D eigenvalue weighted by Gasteiger charge is -2.13. The minimum atomic E-state index is -0.518. The Morgan fingerprint density at radius 1 is 1.07 bits per heavy atom. The second kappa shape index (κ2) is 7.32. The molecule has 7 nitrogen and oxygen atoms in total. The fraction of sp³-hybridized carbons (Fsp3) is 0.0476. The molecule has 1 amide bonds. The van der Waals surface area contributed by atoms with Crippen LogP contribution in [-0.4, -0.2) is 28.0 Å². The number of nitrogens with two attached hydrogens (primary N) is 1. The molecule has 0 spiro atoms. The number of para-hydroxylation sites is 1. The SMILES string of the molecule is COc1ccc2c(Nc3ccccc3C(N)=O)nc(-c3cccnc3)nc2c1. The van der Waals surface area contributed by atoms with Crippen LogP contribution in [-0.2, 0) is 0 Å². The molecule has 7 heteroatoms. The summed E-state index contributed by atoms with van der Waals surface area (Å²) < 4.78 is 5.32. The number of amides is 1. The first kappa shape index (κ1) is 17.4. The Morgan fingerprint density at radius 3 is 2.68 bits per heavy atom. The first-order chi connectivity index (χ1) is 13.7. The van der Waals surface area contributed by atoms with Gasteiger partial charge in [0, 0.05) is 29.4 Å². The average molecular weight is 371 g/mol. The van der Waals surface area contributed by atoms with Gasteiger partial charge in [0.15, 0.2) is 5.82 Å². The van der Waals surface area contributed by atoms with Crippen molar-refractivity contribution in [2.75, 3.05) is 12.4 Å². The standard InChI is InChI=1S/C21H17N5O2/c1-28-14-8-9-16-18(11-14)25-20(13-5-4-10-23-12-13)26-21(16)24-17-7-3-2-6-15(17)19(22)27/h2-12H,1H3,(H2,22,27)(H,24,25,26). The lowest BCUT2D eigenvalue weighted by atomic mass is 10.1. The Kier molecular flexibility index (Phi) is 4.55. The normalized spacial score (nSPS) is 10.6. The minimum Gasteiger partial charge on any atom is -0.497 e. The summed E-state index contributed by atoms with van der Waals surface area (Å²) in [6.07, 6.45) is 3.39. The van der Waals surface area contributed by atoms with Crippen molar-refractivity contribution < 1.29 is 9.53 Å². The number of hydrogen-bond acceptors (Lipinski definition) is 6. The lowest BCUT2D eigenvalue weighted by molar-refractivity contribution is 0.100. The number of benzene rings is 2. The number of nitrogens with zero attached hydrogens (tertiary/aromatic N) is 3. The van der Waals surface area contributed by atoms with E-state index < -0.39 is 5.91 Å². The van der Waals surface area contributed by atoms with Crippen LogP contribution in [0.5, 0.6) is 5.75 Å². The molecule has 0 bridgehead atoms. The van der Waals surface area contributed by atoms with Crippen LogP contribution in [0, 0.1) is 0 Å². The highest BCUT2D eigenvalue weighted by atomic mass is 16.5. The van der Waals surface area contributed by atoms with Gasteiger partial charge in [-0.15, -0.1) is 0 Å². The predicted molar refractivity (Wildman–Crippen MR) is 108 cm³/mol. The van der Waals surface area contributed by atoms with E-state index >= 15 is 0 Å². The summed E-state index contributed by atoms with van der Waals surface area (Å²) in [5.41, 5.74) is 7.93. The molecule has 0 unspecified atom stereocenters. The van der Waals surface area contributed by atoms with Crippen molar-refractivity contribution in [3.8, 4) is 17.1 Å². The molecule has 0 aliphatic rings. The predicted octanol–water partition coefficient (Wildman–Crippen LogP) is 3.54. The fourth-order valence-corrected chi connectivity index (χ4v) is 2.89. The van der Waals surface area contributed by atoms with Crippen molar-refractivity contribution in [3.05, 3.63) is 72.6 Å². The van der Waals surface area contributed by atoms with Crippen LogP contribution >= 0.6 is 0 Å². The van der Waals surface area contributed by atoms with Crippen LogP contribution < -0.4 is 15.8 Å². The number of fused-ring (bicyclic) bond motifs is 1. The van der Waals surface area contributed by atoms with Crippen LogP contribution in [0.4, 0.5) is 11.5 Å². The second-order valence-corrected chi connectivity index (χ2v) is 6.06. The molecule has 28 heavy (non-hydrogen) atoms. The van der Waals surface area contributed by atoms with Gasteiger partial charge >= 0.3 is 0 Å². The largest absolute Gasteiger partial charge is 0.497 e. The Labute approximate surface area is 161 Å². The van der Waals surface area contributed by atoms with Gasteiger partial charge in [-0.1, -0.05) is 12.1 Å². The zero-order valence-electron chi connectivity index (χ0n) is 15.1. The van der Waals surface area contributed by atoms with Gasteiger partial charge in [0.25, 0.3) is 5.91 Å². The lowest BCUT2D eigenvalue weighted by Crippen LogP contribution is -2.13. The van der Waals surface area contributed by atoms with E-state index in [1.54, 1.807) is 37.7 Å². The molecule has 2 aromatic carbocycles. The number of primary amides is 1. The van der Waals surface area contributed by atoms with Crippen molar-refractivity contribution in [3.63, 3.8) is 0 Å². The van der Waals surface area contributed by atoms with Crippen LogP contribution in [0.1, 0.15) is 10.4 Å². The highest BCUT2D eigenvalue weighted by Gasteiger charge is 2.14. The molecular weight excluding hydrogens is 354 g/mol. The summed E-state index contributed by atoms with van der Waals surface area (Å²) in [6.45, 7) is 0. The van der Waals surface area contributed by atoms with Gasteiger partial charge in [0.2, 0.25) is 0 Å². The van der Waals surface area contributed by atoms with E-state index in [9.17, 15) is 4.79 Å². The molecule has 2 aromatic heterocycles. The Morgan fingerprint density at radius 2 is 1.93 bits per heavy atom. The molecule has 0 saturated carbocycles. The molecule has 0 saturated heterocycles. The number of carbonyl (C=O) groups excluding carboxylic acids is 1. The van der Waals surface area contributed by atoms with Crippen molar-refractivity contribution in [1.82, 2.24) is 15.0 Å². The molecular formula is C21H17N5O2. The van der Waals surface area contributed by atoms with Crippen LogP contribution in [0.15, 0.2) is 67.0 Å². The van der Waals surface area contributed by atoms with Gasteiger partial charge < -0.3 is 15.8 Å². The van der Waals surface area contributed by atoms with E-state index in [0.717, 1.165) is 10.9 Å². The number of anilines is 2. The summed E-state index contributed by atoms with van der Waals surface area (Å²) in [6, 6.07) is 16.3. The van der Waals surface area contributed by atoms with Crippen LogP contribution in [0.2, 0.25) is 0 Å². The Hall–Kier alpha value is -4.00. The number of methoxy groups -OCH3 is 1. The number of hydrogen-bond donors (Lipinski definition) is 2. The number of ether oxygens (including phenoxy) is 1. The smallest absolute Gasteiger partial charge is 0.250 e. The van der Waals surface area contributed by atoms with Gasteiger partial charge in [-0.2, -0.15) is 0 Å². The quantitative estimate of drug-likeness (QED) is 0.556. The van der Waals surface area contributed by atoms with Crippen molar-refractivity contribution >= 4 is 28.3 Å². The van der Waals surface area contributed by atoms with Gasteiger partial charge in [-0.05, 0) is 36.4 Å². The maximum absolute atomic E-state index is 11.8. The number of carbonyl (C=O) groups is 1. The maximum atomic E-state index is 11.8. The number of nitrogens with one attached hydrogen (secondary N) is 1. The van der Waals surface area contributed by atoms with Gasteiger partial charge in [0.1, 0.15) is 11.6 Å². The highest BCUT2D eigenvalue weighted by Crippen LogP contribution is 2.30. The third-order valence-electron chi connectivity index (χ3n) is 4.27. The molecule has 4 aromatic rings. The summed E-state index contributed by atoms with van der Waals surface area (Å²) in [7, 11) is 1.60. The molecule has 0 atom stereocenters. The van der Waals surface area contributed by atoms with E-state index in [4.69, 9.17) is 10.5 Å². The number of rotatable bonds is 5. The average Bonchev–Trinajstić information content (AvgIpc) is 2.74. The van der Waals surface area contributed by atoms with E-state index in [-0.39, 0.29) is 0 Å². The van der Waals surface area contributed by atoms with E-state index in [2.05, 4.69) is 20.3 Å². The molecule has 0 radical (unpaired) electrons. The van der Waals surface area contributed by atoms with Crippen molar-refractivity contribution in [1.29, 1.82) is 0 Å². The van der Waals surface area contributed by atoms with E-state index in [0.29, 0.717) is 34.2 Å². The first-order valence-electron chi connectivity index (χ1n) is 8.58. The monoisotopic (exact) mass is 371 g/mol. The third-order valence-corrected chi connectivity index (χ3v) is 4.27. The summed E-state index contributed by atoms with van der Waals surface area (Å²) in [5.74, 6) is 1.23. The summed E-state index contributed by atoms with van der Waals surface area (Å²) in [4.78, 5) is 25.2. The highest BCUT2D eigenvalue weighted by molar-refractivity contribution is 6.01. The zero-order valence-corrected chi connectivity index (χ0v) is 15.1. The summed E-state index contributed by atoms with van der Waals surface area (Å²) >= 11 is 0. The summed E-state index contributed by atoms with van der Waals surface area (Å²) in [5, 5.41) is 4.02. The topological polar surface area (TPSA) is 103 Å². The maximum Gasteiger partial charge on any atom is 0.250 e. The van der Waals surface area contributed by atoms with E-state index in [1.165, 1.54) is 0 Å². The van der Waals surface area contributed by atoms with Crippen LogP contribution in [0.25, 0.3) is 22.3 Å². The molecule has 0 aliphatic heterocycles. The van der Waals surface area contributed by atoms with E-state index in [1.807, 2.05) is 36.4 Å². The first-order valence-corrected chi connectivity index (χ1v) is 8.58. The number of pyridine rings is 1. The molecule has 0 fully saturated rings. The molecule has 2 heterocycles.